The number of carboxylic acid groups (broad SMARTS) is 1. The lowest BCUT2D eigenvalue weighted by molar-refractivity contribution is 0.0696. The van der Waals surface area contributed by atoms with Gasteiger partial charge in [0.05, 0.1) is 5.56 Å². The minimum Gasteiger partial charge on any atom is -0.478 e. The van der Waals surface area contributed by atoms with Gasteiger partial charge in [-0.15, -0.1) is 0 Å². The predicted octanol–water partition coefficient (Wildman–Crippen LogP) is 3.55. The van der Waals surface area contributed by atoms with Gasteiger partial charge >= 0.3 is 5.97 Å². The molecular formula is C17H18FNO2. The highest BCUT2D eigenvalue weighted by molar-refractivity contribution is 5.87. The molecule has 0 fully saturated rings. The van der Waals surface area contributed by atoms with Crippen LogP contribution in [0, 0.1) is 5.82 Å². The molecule has 110 valence electrons. The fraction of sp³-hybridized carbons (Fsp3) is 0.235. The number of aromatic carboxylic acids is 1. The average molecular weight is 287 g/mol. The third-order valence-corrected chi connectivity index (χ3v) is 3.39. The van der Waals surface area contributed by atoms with Gasteiger partial charge in [0, 0.05) is 18.7 Å². The van der Waals surface area contributed by atoms with E-state index in [0.717, 1.165) is 19.2 Å². The van der Waals surface area contributed by atoms with E-state index in [0.29, 0.717) is 12.1 Å². The molecule has 0 saturated heterocycles. The molecule has 0 radical (unpaired) electrons. The molecule has 0 bridgehead atoms. The van der Waals surface area contributed by atoms with Crippen molar-refractivity contribution in [3.63, 3.8) is 0 Å². The van der Waals surface area contributed by atoms with E-state index < -0.39 is 11.8 Å². The number of carboxylic acids is 1. The Hall–Kier alpha value is -2.20. The molecule has 1 N–H and O–H groups in total. The number of rotatable bonds is 6. The zero-order valence-electron chi connectivity index (χ0n) is 11.9. The summed E-state index contributed by atoms with van der Waals surface area (Å²) in [5.74, 6) is -1.58. The third kappa shape index (κ3) is 4.13. The first-order chi connectivity index (χ1) is 10.1. The molecule has 0 saturated carbocycles. The van der Waals surface area contributed by atoms with Gasteiger partial charge in [-0.2, -0.15) is 0 Å². The Morgan fingerprint density at radius 3 is 2.43 bits per heavy atom. The SMILES string of the molecule is CCN(Cc1ccccc1)Cc1ccc(C(=O)O)cc1F. The van der Waals surface area contributed by atoms with Gasteiger partial charge in [0.1, 0.15) is 5.82 Å². The van der Waals surface area contributed by atoms with Crippen LogP contribution in [-0.4, -0.2) is 22.5 Å². The third-order valence-electron chi connectivity index (χ3n) is 3.39. The second-order valence-corrected chi connectivity index (χ2v) is 4.90. The van der Waals surface area contributed by atoms with Gasteiger partial charge in [-0.1, -0.05) is 43.3 Å². The number of carbonyl (C=O) groups is 1. The topological polar surface area (TPSA) is 40.5 Å². The maximum Gasteiger partial charge on any atom is 0.335 e. The Labute approximate surface area is 123 Å². The summed E-state index contributed by atoms with van der Waals surface area (Å²) in [7, 11) is 0. The summed E-state index contributed by atoms with van der Waals surface area (Å²) in [6.07, 6.45) is 0. The Balaban J connectivity index is 2.10. The van der Waals surface area contributed by atoms with E-state index in [1.54, 1.807) is 6.07 Å². The van der Waals surface area contributed by atoms with Crippen LogP contribution >= 0.6 is 0 Å². The van der Waals surface area contributed by atoms with Crippen LogP contribution in [0.5, 0.6) is 0 Å². The zero-order valence-corrected chi connectivity index (χ0v) is 11.9. The summed E-state index contributed by atoms with van der Waals surface area (Å²) in [5.41, 5.74) is 1.65. The van der Waals surface area contributed by atoms with Crippen molar-refractivity contribution in [2.45, 2.75) is 20.0 Å². The first-order valence-electron chi connectivity index (χ1n) is 6.88. The average Bonchev–Trinajstić information content (AvgIpc) is 2.49. The van der Waals surface area contributed by atoms with Gasteiger partial charge in [-0.3, -0.25) is 4.90 Å². The smallest absolute Gasteiger partial charge is 0.335 e. The Morgan fingerprint density at radius 2 is 1.86 bits per heavy atom. The fourth-order valence-electron chi connectivity index (χ4n) is 2.17. The molecule has 21 heavy (non-hydrogen) atoms. The van der Waals surface area contributed by atoms with Crippen LogP contribution in [0.15, 0.2) is 48.5 Å². The molecule has 0 spiro atoms. The van der Waals surface area contributed by atoms with E-state index in [1.165, 1.54) is 11.6 Å². The molecule has 0 heterocycles. The van der Waals surface area contributed by atoms with E-state index in [-0.39, 0.29) is 5.56 Å². The van der Waals surface area contributed by atoms with Gasteiger partial charge in [0.25, 0.3) is 0 Å². The van der Waals surface area contributed by atoms with Crippen LogP contribution in [0.25, 0.3) is 0 Å². The lowest BCUT2D eigenvalue weighted by Gasteiger charge is -2.21. The van der Waals surface area contributed by atoms with Crippen molar-refractivity contribution in [3.05, 3.63) is 71.0 Å². The zero-order chi connectivity index (χ0) is 15.2. The second kappa shape index (κ2) is 6.99. The highest BCUT2D eigenvalue weighted by Gasteiger charge is 2.11. The van der Waals surface area contributed by atoms with Crippen LogP contribution in [0.1, 0.15) is 28.4 Å². The van der Waals surface area contributed by atoms with E-state index in [1.807, 2.05) is 37.3 Å². The number of halogens is 1. The molecule has 2 rings (SSSR count). The van der Waals surface area contributed by atoms with E-state index >= 15 is 0 Å². The second-order valence-electron chi connectivity index (χ2n) is 4.90. The van der Waals surface area contributed by atoms with Gasteiger partial charge in [-0.25, -0.2) is 9.18 Å². The van der Waals surface area contributed by atoms with Crippen molar-refractivity contribution in [1.82, 2.24) is 4.90 Å². The molecule has 0 atom stereocenters. The van der Waals surface area contributed by atoms with Gasteiger partial charge in [-0.05, 0) is 24.2 Å². The van der Waals surface area contributed by atoms with Crippen LogP contribution in [0.4, 0.5) is 4.39 Å². The van der Waals surface area contributed by atoms with Gasteiger partial charge in [0.2, 0.25) is 0 Å². The first kappa shape index (κ1) is 15.2. The number of benzene rings is 2. The number of hydrogen-bond acceptors (Lipinski definition) is 2. The van der Waals surface area contributed by atoms with Crippen molar-refractivity contribution in [2.75, 3.05) is 6.54 Å². The molecule has 2 aromatic rings. The lowest BCUT2D eigenvalue weighted by Crippen LogP contribution is -2.23. The van der Waals surface area contributed by atoms with Gasteiger partial charge < -0.3 is 5.11 Å². The molecule has 0 aromatic heterocycles. The van der Waals surface area contributed by atoms with Crippen molar-refractivity contribution < 1.29 is 14.3 Å². The maximum atomic E-state index is 14.0. The van der Waals surface area contributed by atoms with E-state index in [9.17, 15) is 9.18 Å². The normalized spacial score (nSPS) is 10.8. The van der Waals surface area contributed by atoms with Crippen molar-refractivity contribution >= 4 is 5.97 Å². The highest BCUT2D eigenvalue weighted by atomic mass is 19.1. The first-order valence-corrected chi connectivity index (χ1v) is 6.88. The molecule has 0 amide bonds. The maximum absolute atomic E-state index is 14.0. The lowest BCUT2D eigenvalue weighted by atomic mass is 10.1. The molecule has 3 nitrogen and oxygen atoms in total. The predicted molar refractivity (Wildman–Crippen MR) is 79.6 cm³/mol. The standard InChI is InChI=1S/C17H18FNO2/c1-2-19(11-13-6-4-3-5-7-13)12-15-9-8-14(17(20)21)10-16(15)18/h3-10H,2,11-12H2,1H3,(H,20,21). The highest BCUT2D eigenvalue weighted by Crippen LogP contribution is 2.15. The summed E-state index contributed by atoms with van der Waals surface area (Å²) in [6.45, 7) is 4.00. The molecule has 0 aliphatic rings. The monoisotopic (exact) mass is 287 g/mol. The fourth-order valence-corrected chi connectivity index (χ4v) is 2.17. The van der Waals surface area contributed by atoms with Crippen LogP contribution in [0.2, 0.25) is 0 Å². The van der Waals surface area contributed by atoms with E-state index in [2.05, 4.69) is 4.90 Å². The molecule has 0 aliphatic heterocycles. The van der Waals surface area contributed by atoms with Crippen molar-refractivity contribution in [1.29, 1.82) is 0 Å². The van der Waals surface area contributed by atoms with Crippen LogP contribution in [-0.2, 0) is 13.1 Å². The summed E-state index contributed by atoms with van der Waals surface area (Å²) in [5, 5.41) is 8.85. The minimum atomic E-state index is -1.11. The Kier molecular flexibility index (Phi) is 5.06. The molecular weight excluding hydrogens is 269 g/mol. The summed E-state index contributed by atoms with van der Waals surface area (Å²) >= 11 is 0. The molecule has 0 unspecified atom stereocenters. The quantitative estimate of drug-likeness (QED) is 0.883. The van der Waals surface area contributed by atoms with Gasteiger partial charge in [0.15, 0.2) is 0 Å². The van der Waals surface area contributed by atoms with Crippen molar-refractivity contribution in [2.24, 2.45) is 0 Å². The molecule has 2 aromatic carbocycles. The number of nitrogens with zero attached hydrogens (tertiary/aromatic N) is 1. The Morgan fingerprint density at radius 1 is 1.14 bits per heavy atom. The number of hydrogen-bond donors (Lipinski definition) is 1. The van der Waals surface area contributed by atoms with Crippen LogP contribution < -0.4 is 0 Å². The summed E-state index contributed by atoms with van der Waals surface area (Å²) in [4.78, 5) is 12.9. The van der Waals surface area contributed by atoms with Crippen molar-refractivity contribution in [3.8, 4) is 0 Å². The van der Waals surface area contributed by atoms with Crippen LogP contribution in [0.3, 0.4) is 0 Å². The summed E-state index contributed by atoms with van der Waals surface area (Å²) in [6, 6.07) is 14.1. The molecule has 4 heteroatoms. The van der Waals surface area contributed by atoms with E-state index in [4.69, 9.17) is 5.11 Å². The Bertz CT molecular complexity index is 613. The summed E-state index contributed by atoms with van der Waals surface area (Å²) < 4.78 is 14.0. The molecule has 0 aliphatic carbocycles. The minimum absolute atomic E-state index is 0.0256. The largest absolute Gasteiger partial charge is 0.478 e.